The van der Waals surface area contributed by atoms with Gasteiger partial charge in [-0.1, -0.05) is 18.2 Å². The first-order valence-corrected chi connectivity index (χ1v) is 11.2. The van der Waals surface area contributed by atoms with Gasteiger partial charge in [-0.3, -0.25) is 9.59 Å². The minimum atomic E-state index is -0.101. The Morgan fingerprint density at radius 1 is 1.13 bits per heavy atom. The van der Waals surface area contributed by atoms with Crippen LogP contribution in [0.2, 0.25) is 0 Å². The quantitative estimate of drug-likeness (QED) is 0.521. The van der Waals surface area contributed by atoms with Crippen LogP contribution >= 0.6 is 11.3 Å². The van der Waals surface area contributed by atoms with Crippen molar-refractivity contribution >= 4 is 28.8 Å². The fourth-order valence-electron chi connectivity index (χ4n) is 4.03. The molecule has 1 atom stereocenters. The van der Waals surface area contributed by atoms with Gasteiger partial charge in [-0.25, -0.2) is 4.98 Å². The number of hydrogen-bond acceptors (Lipinski definition) is 4. The highest BCUT2D eigenvalue weighted by atomic mass is 32.1. The number of thiophene rings is 1. The van der Waals surface area contributed by atoms with Crippen LogP contribution in [0.3, 0.4) is 0 Å². The van der Waals surface area contributed by atoms with Crippen molar-refractivity contribution in [3.8, 4) is 0 Å². The molecule has 3 aromatic heterocycles. The Morgan fingerprint density at radius 3 is 2.81 bits per heavy atom. The second-order valence-corrected chi connectivity index (χ2v) is 8.69. The molecule has 1 fully saturated rings. The molecule has 1 unspecified atom stereocenters. The second-order valence-electron chi connectivity index (χ2n) is 7.75. The summed E-state index contributed by atoms with van der Waals surface area (Å²) in [7, 11) is 0. The number of rotatable bonds is 5. The van der Waals surface area contributed by atoms with Crippen LogP contribution in [0.1, 0.15) is 43.5 Å². The zero-order chi connectivity index (χ0) is 21.2. The monoisotopic (exact) mass is 430 g/mol. The van der Waals surface area contributed by atoms with Crippen molar-refractivity contribution in [1.29, 1.82) is 0 Å². The highest BCUT2D eigenvalue weighted by Gasteiger charge is 2.28. The molecule has 0 radical (unpaired) electrons. The van der Waals surface area contributed by atoms with Gasteiger partial charge in [0.15, 0.2) is 0 Å². The van der Waals surface area contributed by atoms with E-state index in [1.54, 1.807) is 6.20 Å². The number of fused-ring (bicyclic) bond motifs is 1. The number of imidazole rings is 1. The summed E-state index contributed by atoms with van der Waals surface area (Å²) < 4.78 is 1.93. The number of carbonyl (C=O) groups is 2. The number of aromatic nitrogens is 2. The molecule has 0 aliphatic carbocycles. The van der Waals surface area contributed by atoms with Crippen LogP contribution < -0.4 is 5.32 Å². The van der Waals surface area contributed by atoms with Gasteiger partial charge in [0.2, 0.25) is 0 Å². The van der Waals surface area contributed by atoms with Crippen molar-refractivity contribution in [2.24, 2.45) is 0 Å². The molecule has 1 aromatic carbocycles. The van der Waals surface area contributed by atoms with Gasteiger partial charge in [-0.2, -0.15) is 0 Å². The molecule has 156 valence electrons. The predicted molar refractivity (Wildman–Crippen MR) is 120 cm³/mol. The zero-order valence-corrected chi connectivity index (χ0v) is 17.7. The van der Waals surface area contributed by atoms with E-state index < -0.39 is 0 Å². The first-order valence-electron chi connectivity index (χ1n) is 10.3. The van der Waals surface area contributed by atoms with Crippen LogP contribution in [-0.2, 0) is 6.54 Å². The van der Waals surface area contributed by atoms with Crippen molar-refractivity contribution in [1.82, 2.24) is 19.6 Å². The van der Waals surface area contributed by atoms with Crippen molar-refractivity contribution in [3.05, 3.63) is 94.1 Å². The van der Waals surface area contributed by atoms with E-state index in [1.165, 1.54) is 16.9 Å². The first kappa shape index (κ1) is 19.5. The maximum Gasteiger partial charge on any atom is 0.263 e. The fourth-order valence-corrected chi connectivity index (χ4v) is 4.72. The molecule has 1 N–H and O–H groups in total. The van der Waals surface area contributed by atoms with Crippen LogP contribution in [0, 0.1) is 0 Å². The number of likely N-dealkylation sites (tertiary alicyclic amines) is 1. The molecule has 0 saturated carbocycles. The van der Waals surface area contributed by atoms with Gasteiger partial charge in [-0.05, 0) is 53.3 Å². The summed E-state index contributed by atoms with van der Waals surface area (Å²) in [6.45, 7) is 1.94. The molecule has 5 rings (SSSR count). The smallest absolute Gasteiger partial charge is 0.263 e. The predicted octanol–water partition coefficient (Wildman–Crippen LogP) is 3.96. The third-order valence-electron chi connectivity index (χ3n) is 5.77. The number of nitrogens with zero attached hydrogens (tertiary/aromatic N) is 3. The third kappa shape index (κ3) is 4.09. The van der Waals surface area contributed by atoms with E-state index in [1.807, 2.05) is 75.6 Å². The van der Waals surface area contributed by atoms with E-state index in [9.17, 15) is 9.59 Å². The molecule has 4 heterocycles. The van der Waals surface area contributed by atoms with E-state index in [4.69, 9.17) is 0 Å². The molecule has 31 heavy (non-hydrogen) atoms. The first-order chi connectivity index (χ1) is 15.2. The minimum absolute atomic E-state index is 0.101. The molecule has 2 amide bonds. The van der Waals surface area contributed by atoms with Crippen molar-refractivity contribution in [3.63, 3.8) is 0 Å². The van der Waals surface area contributed by atoms with Crippen LogP contribution in [0.5, 0.6) is 0 Å². The van der Waals surface area contributed by atoms with Gasteiger partial charge < -0.3 is 14.6 Å². The number of hydrogen-bond donors (Lipinski definition) is 1. The fraction of sp³-hybridized carbons (Fsp3) is 0.208. The maximum atomic E-state index is 12.6. The molecule has 0 bridgehead atoms. The lowest BCUT2D eigenvalue weighted by Gasteiger charge is -2.16. The van der Waals surface area contributed by atoms with E-state index >= 15 is 0 Å². The summed E-state index contributed by atoms with van der Waals surface area (Å²) in [5.74, 6) is 0.319. The average Bonchev–Trinajstić information content (AvgIpc) is 3.58. The topological polar surface area (TPSA) is 66.7 Å². The molecule has 1 aliphatic rings. The highest BCUT2D eigenvalue weighted by Crippen LogP contribution is 2.29. The molecule has 7 heteroatoms. The zero-order valence-electron chi connectivity index (χ0n) is 16.9. The van der Waals surface area contributed by atoms with Gasteiger partial charge in [0, 0.05) is 49.7 Å². The van der Waals surface area contributed by atoms with E-state index in [0.29, 0.717) is 18.0 Å². The summed E-state index contributed by atoms with van der Waals surface area (Å²) in [6.07, 6.45) is 6.52. The Morgan fingerprint density at radius 2 is 2.00 bits per heavy atom. The Bertz CT molecular complexity index is 1210. The summed E-state index contributed by atoms with van der Waals surface area (Å²) in [6, 6.07) is 15.5. The van der Waals surface area contributed by atoms with Gasteiger partial charge in [0.25, 0.3) is 11.8 Å². The number of nitrogens with one attached hydrogen (secondary N) is 1. The molecular weight excluding hydrogens is 408 g/mol. The molecule has 4 aromatic rings. The summed E-state index contributed by atoms with van der Waals surface area (Å²) in [5.41, 5.74) is 3.67. The SMILES string of the molecule is O=C(NCc1ccn2ccnc2c1)c1ccc(C2CCN(C(=O)c3cccs3)C2)cc1. The number of carbonyl (C=O) groups excluding carboxylic acids is 2. The van der Waals surface area contributed by atoms with Crippen LogP contribution in [0.4, 0.5) is 0 Å². The van der Waals surface area contributed by atoms with Crippen molar-refractivity contribution in [2.75, 3.05) is 13.1 Å². The minimum Gasteiger partial charge on any atom is -0.348 e. The van der Waals surface area contributed by atoms with Crippen molar-refractivity contribution in [2.45, 2.75) is 18.9 Å². The van der Waals surface area contributed by atoms with Gasteiger partial charge in [0.05, 0.1) is 4.88 Å². The highest BCUT2D eigenvalue weighted by molar-refractivity contribution is 7.12. The van der Waals surface area contributed by atoms with E-state index in [0.717, 1.165) is 35.6 Å². The lowest BCUT2D eigenvalue weighted by Crippen LogP contribution is -2.27. The standard InChI is InChI=1S/C24H22N4O2S/c29-23(26-15-17-7-10-27-12-9-25-22(27)14-17)19-5-3-18(4-6-19)20-8-11-28(16-20)24(30)21-2-1-13-31-21/h1-7,9-10,12-14,20H,8,11,15-16H2,(H,26,29). The normalized spacial score (nSPS) is 16.0. The van der Waals surface area contributed by atoms with Crippen LogP contribution in [-0.4, -0.2) is 39.2 Å². The lowest BCUT2D eigenvalue weighted by atomic mass is 9.97. The molecular formula is C24H22N4O2S. The number of benzene rings is 1. The molecule has 1 saturated heterocycles. The van der Waals surface area contributed by atoms with Gasteiger partial charge in [-0.15, -0.1) is 11.3 Å². The summed E-state index contributed by atoms with van der Waals surface area (Å²) in [4.78, 5) is 32.1. The Balaban J connectivity index is 1.18. The number of amides is 2. The average molecular weight is 431 g/mol. The van der Waals surface area contributed by atoms with Crippen LogP contribution in [0.15, 0.2) is 72.5 Å². The Hall–Kier alpha value is -3.45. The third-order valence-corrected chi connectivity index (χ3v) is 6.62. The molecule has 0 spiro atoms. The van der Waals surface area contributed by atoms with Gasteiger partial charge >= 0.3 is 0 Å². The Kier molecular flexibility index (Phi) is 5.26. The van der Waals surface area contributed by atoms with Gasteiger partial charge in [0.1, 0.15) is 5.65 Å². The summed E-state index contributed by atoms with van der Waals surface area (Å²) >= 11 is 1.48. The maximum absolute atomic E-state index is 12.6. The van der Waals surface area contributed by atoms with Crippen molar-refractivity contribution < 1.29 is 9.59 Å². The lowest BCUT2D eigenvalue weighted by molar-refractivity contribution is 0.0795. The van der Waals surface area contributed by atoms with E-state index in [-0.39, 0.29) is 11.8 Å². The largest absolute Gasteiger partial charge is 0.348 e. The van der Waals surface area contributed by atoms with Crippen LogP contribution in [0.25, 0.3) is 5.65 Å². The number of pyridine rings is 1. The second kappa shape index (κ2) is 8.35. The molecule has 6 nitrogen and oxygen atoms in total. The Labute approximate surface area is 184 Å². The molecule has 1 aliphatic heterocycles. The van der Waals surface area contributed by atoms with E-state index in [2.05, 4.69) is 10.3 Å². The summed E-state index contributed by atoms with van der Waals surface area (Å²) in [5, 5.41) is 4.90.